The maximum Gasteiger partial charge on any atom is 0.315 e. The Hall–Kier alpha value is -1.84. The SMILES string of the molecule is C=C(N=C(CCCC)C1(C(=O)O)CC1)C(=C/C=C(\C)C(C)C)OC. The zero-order valence-electron chi connectivity index (χ0n) is 15.7. The number of rotatable bonds is 10. The first-order chi connectivity index (χ1) is 11.3. The Balaban J connectivity index is 3.07. The number of carbonyl (C=O) groups is 1. The summed E-state index contributed by atoms with van der Waals surface area (Å²) in [5.41, 5.74) is 1.68. The van der Waals surface area contributed by atoms with Gasteiger partial charge in [0.2, 0.25) is 0 Å². The molecule has 0 amide bonds. The number of allylic oxidation sites excluding steroid dienone is 3. The second kappa shape index (κ2) is 8.86. The number of methoxy groups -OCH3 is 1. The number of carboxylic acids is 1. The Morgan fingerprint density at radius 3 is 2.42 bits per heavy atom. The topological polar surface area (TPSA) is 58.9 Å². The number of unbranched alkanes of at least 4 members (excludes halogenated alkanes) is 1. The number of hydrogen-bond acceptors (Lipinski definition) is 3. The number of hydrogen-bond donors (Lipinski definition) is 1. The minimum Gasteiger partial charge on any atom is -0.495 e. The van der Waals surface area contributed by atoms with Gasteiger partial charge in [-0.25, -0.2) is 0 Å². The first kappa shape index (κ1) is 20.2. The van der Waals surface area contributed by atoms with Crippen LogP contribution in [0.15, 0.2) is 40.8 Å². The molecule has 1 aliphatic rings. The monoisotopic (exact) mass is 333 g/mol. The Morgan fingerprint density at radius 2 is 2.00 bits per heavy atom. The van der Waals surface area contributed by atoms with E-state index in [1.807, 2.05) is 12.2 Å². The summed E-state index contributed by atoms with van der Waals surface area (Å²) in [4.78, 5) is 16.2. The molecule has 0 aromatic heterocycles. The van der Waals surface area contributed by atoms with Gasteiger partial charge in [0, 0.05) is 5.71 Å². The highest BCUT2D eigenvalue weighted by Crippen LogP contribution is 2.49. The zero-order chi connectivity index (χ0) is 18.3. The molecule has 0 aromatic carbocycles. The summed E-state index contributed by atoms with van der Waals surface area (Å²) in [5.74, 6) is 0.256. The fraction of sp³-hybridized carbons (Fsp3) is 0.600. The van der Waals surface area contributed by atoms with Crippen molar-refractivity contribution < 1.29 is 14.6 Å². The molecular weight excluding hydrogens is 302 g/mol. The molecule has 0 aromatic rings. The van der Waals surface area contributed by atoms with Gasteiger partial charge in [0.25, 0.3) is 0 Å². The van der Waals surface area contributed by atoms with Crippen LogP contribution in [0.2, 0.25) is 0 Å². The maximum atomic E-state index is 11.6. The fourth-order valence-electron chi connectivity index (χ4n) is 2.40. The van der Waals surface area contributed by atoms with Gasteiger partial charge in [-0.1, -0.05) is 45.4 Å². The molecule has 0 saturated heterocycles. The third kappa shape index (κ3) is 5.08. The van der Waals surface area contributed by atoms with Crippen LogP contribution >= 0.6 is 0 Å². The highest BCUT2D eigenvalue weighted by Gasteiger charge is 2.54. The molecule has 4 nitrogen and oxygen atoms in total. The second-order valence-electron chi connectivity index (χ2n) is 6.80. The van der Waals surface area contributed by atoms with Crippen LogP contribution < -0.4 is 0 Å². The molecule has 134 valence electrons. The van der Waals surface area contributed by atoms with E-state index < -0.39 is 11.4 Å². The second-order valence-corrected chi connectivity index (χ2v) is 6.80. The van der Waals surface area contributed by atoms with Gasteiger partial charge in [-0.2, -0.15) is 0 Å². The van der Waals surface area contributed by atoms with E-state index in [0.29, 0.717) is 36.6 Å². The van der Waals surface area contributed by atoms with Crippen LogP contribution in [0.1, 0.15) is 59.8 Å². The van der Waals surface area contributed by atoms with E-state index in [0.717, 1.165) is 18.6 Å². The Kier molecular flexibility index (Phi) is 7.46. The molecule has 0 bridgehead atoms. The van der Waals surface area contributed by atoms with Crippen LogP contribution in [-0.2, 0) is 9.53 Å². The van der Waals surface area contributed by atoms with E-state index >= 15 is 0 Å². The molecule has 1 saturated carbocycles. The molecular formula is C20H31NO3. The molecule has 0 unspecified atom stereocenters. The summed E-state index contributed by atoms with van der Waals surface area (Å²) < 4.78 is 5.40. The quantitative estimate of drug-likeness (QED) is 0.342. The molecule has 0 spiro atoms. The number of nitrogens with zero attached hydrogens (tertiary/aromatic N) is 1. The van der Waals surface area contributed by atoms with Crippen LogP contribution in [0.4, 0.5) is 0 Å². The lowest BCUT2D eigenvalue weighted by molar-refractivity contribution is -0.140. The van der Waals surface area contributed by atoms with E-state index in [9.17, 15) is 9.90 Å². The number of aliphatic carboxylic acids is 1. The third-order valence-electron chi connectivity index (χ3n) is 4.66. The average molecular weight is 333 g/mol. The van der Waals surface area contributed by atoms with Gasteiger partial charge < -0.3 is 9.84 Å². The van der Waals surface area contributed by atoms with Crippen LogP contribution in [-0.4, -0.2) is 23.9 Å². The normalized spacial score (nSPS) is 17.8. The van der Waals surface area contributed by atoms with Crippen molar-refractivity contribution in [3.8, 4) is 0 Å². The van der Waals surface area contributed by atoms with Crippen LogP contribution in [0.25, 0.3) is 0 Å². The molecule has 24 heavy (non-hydrogen) atoms. The number of aliphatic imine (C=N–C) groups is 1. The molecule has 1 fully saturated rings. The van der Waals surface area contributed by atoms with Crippen LogP contribution in [0.5, 0.6) is 0 Å². The Labute approximate surface area is 146 Å². The third-order valence-corrected chi connectivity index (χ3v) is 4.66. The lowest BCUT2D eigenvalue weighted by Crippen LogP contribution is -2.26. The lowest BCUT2D eigenvalue weighted by atomic mass is 9.95. The highest BCUT2D eigenvalue weighted by atomic mass is 16.5. The van der Waals surface area contributed by atoms with Crippen LogP contribution in [0.3, 0.4) is 0 Å². The summed E-state index contributed by atoms with van der Waals surface area (Å²) >= 11 is 0. The van der Waals surface area contributed by atoms with Crippen molar-refractivity contribution in [3.05, 3.63) is 35.8 Å². The first-order valence-corrected chi connectivity index (χ1v) is 8.71. The molecule has 0 aliphatic heterocycles. The standard InChI is InChI=1S/C20H31NO3/c1-7-8-9-18(20(12-13-20)19(22)23)21-16(5)17(24-6)11-10-15(4)14(2)3/h10-11,14H,5,7-9,12-13H2,1-4,6H3,(H,22,23)/b15-10+,17-11?,21-18?. The van der Waals surface area contributed by atoms with Crippen molar-refractivity contribution in [3.63, 3.8) is 0 Å². The molecule has 0 radical (unpaired) electrons. The van der Waals surface area contributed by atoms with E-state index in [2.05, 4.69) is 39.3 Å². The minimum absolute atomic E-state index is 0.456. The molecule has 4 heteroatoms. The van der Waals surface area contributed by atoms with Gasteiger partial charge in [0.05, 0.1) is 12.8 Å². The van der Waals surface area contributed by atoms with Crippen molar-refractivity contribution in [2.75, 3.05) is 7.11 Å². The van der Waals surface area contributed by atoms with Gasteiger partial charge in [0.15, 0.2) is 0 Å². The zero-order valence-corrected chi connectivity index (χ0v) is 15.7. The molecule has 0 atom stereocenters. The molecule has 1 aliphatic carbocycles. The summed E-state index contributed by atoms with van der Waals surface area (Å²) in [6.07, 6.45) is 7.82. The maximum absolute atomic E-state index is 11.6. The van der Waals surface area contributed by atoms with Crippen molar-refractivity contribution in [1.82, 2.24) is 0 Å². The average Bonchev–Trinajstić information content (AvgIpc) is 3.33. The van der Waals surface area contributed by atoms with E-state index in [4.69, 9.17) is 4.74 Å². The Bertz CT molecular complexity index is 563. The lowest BCUT2D eigenvalue weighted by Gasteiger charge is -2.15. The van der Waals surface area contributed by atoms with Crippen molar-refractivity contribution in [2.45, 2.75) is 59.8 Å². The first-order valence-electron chi connectivity index (χ1n) is 8.71. The van der Waals surface area contributed by atoms with Crippen molar-refractivity contribution in [1.29, 1.82) is 0 Å². The largest absolute Gasteiger partial charge is 0.495 e. The van der Waals surface area contributed by atoms with E-state index in [1.54, 1.807) is 7.11 Å². The Morgan fingerprint density at radius 1 is 1.38 bits per heavy atom. The predicted molar refractivity (Wildman–Crippen MR) is 99.1 cm³/mol. The number of ether oxygens (including phenoxy) is 1. The van der Waals surface area contributed by atoms with Crippen LogP contribution in [0, 0.1) is 11.3 Å². The summed E-state index contributed by atoms with van der Waals surface area (Å²) in [5, 5.41) is 9.55. The van der Waals surface area contributed by atoms with Crippen molar-refractivity contribution >= 4 is 11.7 Å². The molecule has 0 heterocycles. The summed E-state index contributed by atoms with van der Waals surface area (Å²) in [6.45, 7) is 12.4. The molecule has 1 N–H and O–H groups in total. The summed E-state index contributed by atoms with van der Waals surface area (Å²) in [6, 6.07) is 0. The van der Waals surface area contributed by atoms with Gasteiger partial charge >= 0.3 is 5.97 Å². The van der Waals surface area contributed by atoms with E-state index in [-0.39, 0.29) is 0 Å². The highest BCUT2D eigenvalue weighted by molar-refractivity contribution is 6.09. The number of carboxylic acid groups (broad SMARTS) is 1. The van der Waals surface area contributed by atoms with Gasteiger partial charge in [-0.15, -0.1) is 0 Å². The van der Waals surface area contributed by atoms with Gasteiger partial charge in [0.1, 0.15) is 11.2 Å². The smallest absolute Gasteiger partial charge is 0.315 e. The van der Waals surface area contributed by atoms with Crippen molar-refractivity contribution in [2.24, 2.45) is 16.3 Å². The predicted octanol–water partition coefficient (Wildman–Crippen LogP) is 5.13. The minimum atomic E-state index is -0.777. The van der Waals surface area contributed by atoms with Gasteiger partial charge in [-0.3, -0.25) is 9.79 Å². The molecule has 1 rings (SSSR count). The van der Waals surface area contributed by atoms with Gasteiger partial charge in [-0.05, 0) is 44.6 Å². The summed E-state index contributed by atoms with van der Waals surface area (Å²) in [7, 11) is 1.58. The fourth-order valence-corrected chi connectivity index (χ4v) is 2.40. The van der Waals surface area contributed by atoms with E-state index in [1.165, 1.54) is 5.57 Å².